The first-order valence-corrected chi connectivity index (χ1v) is 8.30. The summed E-state index contributed by atoms with van der Waals surface area (Å²) in [4.78, 5) is 22.5. The van der Waals surface area contributed by atoms with E-state index in [0.717, 1.165) is 12.1 Å². The number of carbonyl (C=O) groups excluding carboxylic acids is 1. The third kappa shape index (κ3) is 3.54. The van der Waals surface area contributed by atoms with Crippen LogP contribution >= 0.6 is 0 Å². The van der Waals surface area contributed by atoms with E-state index in [1.54, 1.807) is 6.92 Å². The number of nitrogens with zero attached hydrogens (tertiary/aromatic N) is 2. The molecule has 0 bridgehead atoms. The van der Waals surface area contributed by atoms with Gasteiger partial charge in [-0.05, 0) is 31.2 Å². The molecule has 0 fully saturated rings. The molecule has 0 aliphatic carbocycles. The van der Waals surface area contributed by atoms with Gasteiger partial charge in [0.25, 0.3) is 10.0 Å². The molecule has 1 aromatic heterocycles. The number of esters is 1. The number of nitrogens with one attached hydrogen (secondary N) is 1. The van der Waals surface area contributed by atoms with E-state index in [2.05, 4.69) is 9.82 Å². The first-order chi connectivity index (χ1) is 11.3. The summed E-state index contributed by atoms with van der Waals surface area (Å²) >= 11 is 0. The quantitative estimate of drug-likeness (QED) is 0.744. The Morgan fingerprint density at radius 2 is 1.92 bits per heavy atom. The Kier molecular flexibility index (Phi) is 4.88. The van der Waals surface area contributed by atoms with Crippen LogP contribution in [0.25, 0.3) is 0 Å². The normalized spacial score (nSPS) is 11.1. The summed E-state index contributed by atoms with van der Waals surface area (Å²) in [6, 6.07) is 4.66. The van der Waals surface area contributed by atoms with Crippen molar-refractivity contribution in [1.82, 2.24) is 9.78 Å². The minimum Gasteiger partial charge on any atom is -0.478 e. The van der Waals surface area contributed by atoms with E-state index in [9.17, 15) is 18.0 Å². The fourth-order valence-electron chi connectivity index (χ4n) is 1.88. The Morgan fingerprint density at radius 3 is 2.46 bits per heavy atom. The van der Waals surface area contributed by atoms with Gasteiger partial charge in [-0.3, -0.25) is 9.40 Å². The van der Waals surface area contributed by atoms with Gasteiger partial charge in [0.15, 0.2) is 5.82 Å². The molecule has 1 aromatic carbocycles. The summed E-state index contributed by atoms with van der Waals surface area (Å²) in [5.74, 6) is -1.91. The highest BCUT2D eigenvalue weighted by atomic mass is 32.2. The Bertz CT molecular complexity index is 870. The summed E-state index contributed by atoms with van der Waals surface area (Å²) in [6.45, 7) is 1.76. The number of benzene rings is 1. The minimum atomic E-state index is -4.03. The van der Waals surface area contributed by atoms with Crippen molar-refractivity contribution in [1.29, 1.82) is 0 Å². The number of aryl methyl sites for hydroxylation is 1. The van der Waals surface area contributed by atoms with Crippen LogP contribution < -0.4 is 4.72 Å². The highest BCUT2D eigenvalue weighted by Crippen LogP contribution is 2.20. The van der Waals surface area contributed by atoms with Crippen LogP contribution in [0, 0.1) is 0 Å². The van der Waals surface area contributed by atoms with E-state index in [4.69, 9.17) is 9.84 Å². The van der Waals surface area contributed by atoms with Gasteiger partial charge >= 0.3 is 11.9 Å². The fourth-order valence-corrected chi connectivity index (χ4v) is 2.99. The molecule has 0 amide bonds. The number of ether oxygens (including phenoxy) is 1. The monoisotopic (exact) mass is 353 g/mol. The smallest absolute Gasteiger partial charge is 0.343 e. The van der Waals surface area contributed by atoms with Crippen LogP contribution in [0.3, 0.4) is 0 Å². The predicted molar refractivity (Wildman–Crippen MR) is 83.4 cm³/mol. The molecule has 0 aliphatic rings. The molecule has 0 atom stereocenters. The zero-order chi connectivity index (χ0) is 17.9. The van der Waals surface area contributed by atoms with E-state index in [0.29, 0.717) is 0 Å². The van der Waals surface area contributed by atoms with Gasteiger partial charge in [0.1, 0.15) is 5.56 Å². The van der Waals surface area contributed by atoms with Gasteiger partial charge in [-0.25, -0.2) is 18.0 Å². The van der Waals surface area contributed by atoms with E-state index < -0.39 is 22.0 Å². The Morgan fingerprint density at radius 1 is 1.29 bits per heavy atom. The van der Waals surface area contributed by atoms with E-state index >= 15 is 0 Å². The molecule has 2 N–H and O–H groups in total. The van der Waals surface area contributed by atoms with E-state index in [-0.39, 0.29) is 28.4 Å². The topological polar surface area (TPSA) is 128 Å². The SMILES string of the molecule is CCOC(=O)c1cnn(C)c1NS(=O)(=O)c1ccc(C(=O)O)cc1. The summed E-state index contributed by atoms with van der Waals surface area (Å²) in [6.07, 6.45) is 1.20. The largest absolute Gasteiger partial charge is 0.478 e. The molecule has 0 unspecified atom stereocenters. The van der Waals surface area contributed by atoms with Gasteiger partial charge in [0, 0.05) is 7.05 Å². The third-order valence-electron chi connectivity index (χ3n) is 3.08. The first kappa shape index (κ1) is 17.5. The summed E-state index contributed by atoms with van der Waals surface area (Å²) < 4.78 is 33.1. The van der Waals surface area contributed by atoms with Crippen molar-refractivity contribution in [3.8, 4) is 0 Å². The van der Waals surface area contributed by atoms with Crippen LogP contribution in [0.15, 0.2) is 35.4 Å². The number of anilines is 1. The van der Waals surface area contributed by atoms with Gasteiger partial charge in [0.2, 0.25) is 0 Å². The van der Waals surface area contributed by atoms with Crippen LogP contribution in [-0.2, 0) is 21.8 Å². The zero-order valence-electron chi connectivity index (χ0n) is 12.9. The molecule has 0 radical (unpaired) electrons. The van der Waals surface area contributed by atoms with Crippen LogP contribution in [0.4, 0.5) is 5.82 Å². The van der Waals surface area contributed by atoms with Crippen LogP contribution in [0.5, 0.6) is 0 Å². The lowest BCUT2D eigenvalue weighted by atomic mass is 10.2. The minimum absolute atomic E-state index is 0.0231. The fraction of sp³-hybridized carbons (Fsp3) is 0.214. The second kappa shape index (κ2) is 6.71. The number of rotatable bonds is 6. The van der Waals surface area contributed by atoms with Crippen LogP contribution in [0.2, 0.25) is 0 Å². The number of sulfonamides is 1. The highest BCUT2D eigenvalue weighted by Gasteiger charge is 2.23. The van der Waals surface area contributed by atoms with Gasteiger partial charge in [0.05, 0.1) is 23.3 Å². The number of aromatic carboxylic acids is 1. The average Bonchev–Trinajstić information content (AvgIpc) is 2.88. The van der Waals surface area contributed by atoms with Crippen LogP contribution in [-0.4, -0.2) is 41.9 Å². The van der Waals surface area contributed by atoms with Crippen molar-refractivity contribution < 1.29 is 27.9 Å². The van der Waals surface area contributed by atoms with Crippen molar-refractivity contribution >= 4 is 27.8 Å². The first-order valence-electron chi connectivity index (χ1n) is 6.81. The molecule has 1 heterocycles. The summed E-state index contributed by atoms with van der Waals surface area (Å²) in [5.41, 5.74) is -0.0632. The Balaban J connectivity index is 2.34. The number of hydrogen-bond acceptors (Lipinski definition) is 6. The van der Waals surface area contributed by atoms with E-state index in [1.807, 2.05) is 0 Å². The van der Waals surface area contributed by atoms with Gasteiger partial charge in [-0.1, -0.05) is 0 Å². The lowest BCUT2D eigenvalue weighted by Crippen LogP contribution is -2.18. The van der Waals surface area contributed by atoms with Gasteiger partial charge < -0.3 is 9.84 Å². The lowest BCUT2D eigenvalue weighted by Gasteiger charge is -2.10. The Labute approximate surface area is 137 Å². The maximum Gasteiger partial charge on any atom is 0.343 e. The van der Waals surface area contributed by atoms with Crippen molar-refractivity contribution in [2.24, 2.45) is 7.05 Å². The van der Waals surface area contributed by atoms with Crippen molar-refractivity contribution in [2.75, 3.05) is 11.3 Å². The molecule has 24 heavy (non-hydrogen) atoms. The second-order valence-corrected chi connectivity index (χ2v) is 6.37. The average molecular weight is 353 g/mol. The number of hydrogen-bond donors (Lipinski definition) is 2. The second-order valence-electron chi connectivity index (χ2n) is 4.69. The van der Waals surface area contributed by atoms with Crippen LogP contribution in [0.1, 0.15) is 27.6 Å². The molecular formula is C14H15N3O6S. The highest BCUT2D eigenvalue weighted by molar-refractivity contribution is 7.92. The molecule has 0 aliphatic heterocycles. The molecule has 2 aromatic rings. The molecule has 0 saturated carbocycles. The molecule has 128 valence electrons. The van der Waals surface area contributed by atoms with Crippen molar-refractivity contribution in [2.45, 2.75) is 11.8 Å². The van der Waals surface area contributed by atoms with Crippen molar-refractivity contribution in [3.05, 3.63) is 41.6 Å². The van der Waals surface area contributed by atoms with E-state index in [1.165, 1.54) is 30.1 Å². The number of carboxylic acids is 1. The lowest BCUT2D eigenvalue weighted by molar-refractivity contribution is 0.0527. The Hall–Kier alpha value is -2.88. The molecular weight excluding hydrogens is 338 g/mol. The molecule has 2 rings (SSSR count). The summed E-state index contributed by atoms with van der Waals surface area (Å²) in [5, 5.41) is 12.7. The van der Waals surface area contributed by atoms with Gasteiger partial charge in [-0.2, -0.15) is 5.10 Å². The summed E-state index contributed by atoms with van der Waals surface area (Å²) in [7, 11) is -2.56. The molecule has 10 heteroatoms. The standard InChI is InChI=1S/C14H15N3O6S/c1-3-23-14(20)11-8-15-17(2)12(11)16-24(21,22)10-6-4-9(5-7-10)13(18)19/h4-8,16H,3H2,1-2H3,(H,18,19). The number of carboxylic acid groups (broad SMARTS) is 1. The van der Waals surface area contributed by atoms with Crippen molar-refractivity contribution in [3.63, 3.8) is 0 Å². The molecule has 9 nitrogen and oxygen atoms in total. The molecule has 0 saturated heterocycles. The van der Waals surface area contributed by atoms with Gasteiger partial charge in [-0.15, -0.1) is 0 Å². The third-order valence-corrected chi connectivity index (χ3v) is 4.43. The maximum absolute atomic E-state index is 12.4. The number of carbonyl (C=O) groups is 2. The predicted octanol–water partition coefficient (Wildman–Crippen LogP) is 1.10. The zero-order valence-corrected chi connectivity index (χ0v) is 13.7. The molecule has 0 spiro atoms. The maximum atomic E-state index is 12.4. The number of aromatic nitrogens is 2.